The fourth-order valence-corrected chi connectivity index (χ4v) is 2.33. The van der Waals surface area contributed by atoms with Gasteiger partial charge in [-0.25, -0.2) is 0 Å². The molecule has 0 bridgehead atoms. The molecule has 17 heavy (non-hydrogen) atoms. The summed E-state index contributed by atoms with van der Waals surface area (Å²) in [5, 5.41) is 0.521. The van der Waals surface area contributed by atoms with Gasteiger partial charge in [-0.1, -0.05) is 11.6 Å². The smallest absolute Gasteiger partial charge is 0.231 e. The zero-order valence-electron chi connectivity index (χ0n) is 9.16. The Labute approximate surface area is 104 Å². The van der Waals surface area contributed by atoms with E-state index in [0.717, 1.165) is 24.7 Å². The lowest BCUT2D eigenvalue weighted by atomic mass is 10.0. The lowest BCUT2D eigenvalue weighted by Crippen LogP contribution is -2.24. The minimum Gasteiger partial charge on any atom is -0.453 e. The minimum atomic E-state index is -0.161. The van der Waals surface area contributed by atoms with Crippen molar-refractivity contribution in [3.63, 3.8) is 0 Å². The molecule has 1 saturated carbocycles. The van der Waals surface area contributed by atoms with Crippen LogP contribution in [0.5, 0.6) is 11.5 Å². The minimum absolute atomic E-state index is 0.126. The average Bonchev–Trinajstić information content (AvgIpc) is 2.85. The third-order valence-corrected chi connectivity index (χ3v) is 3.60. The molecule has 0 spiro atoms. The van der Waals surface area contributed by atoms with Gasteiger partial charge in [0, 0.05) is 16.1 Å². The third-order valence-electron chi connectivity index (χ3n) is 3.27. The van der Waals surface area contributed by atoms with Gasteiger partial charge in [-0.3, -0.25) is 4.79 Å². The highest BCUT2D eigenvalue weighted by molar-refractivity contribution is 6.32. The van der Waals surface area contributed by atoms with E-state index in [1.165, 1.54) is 0 Å². The zero-order chi connectivity index (χ0) is 12.0. The van der Waals surface area contributed by atoms with E-state index in [9.17, 15) is 4.79 Å². The molecule has 2 aliphatic rings. The quantitative estimate of drug-likeness (QED) is 0.836. The highest BCUT2D eigenvalue weighted by Gasteiger charge is 2.40. The molecule has 1 aliphatic carbocycles. The summed E-state index contributed by atoms with van der Waals surface area (Å²) in [6, 6.07) is 1.61. The van der Waals surface area contributed by atoms with Crippen molar-refractivity contribution in [3.8, 4) is 11.5 Å². The molecule has 1 aromatic carbocycles. The van der Waals surface area contributed by atoms with Gasteiger partial charge in [0.25, 0.3) is 0 Å². The molecule has 5 heteroatoms. The third kappa shape index (κ3) is 1.77. The zero-order valence-corrected chi connectivity index (χ0v) is 9.92. The van der Waals surface area contributed by atoms with Crippen LogP contribution in [0.3, 0.4) is 0 Å². The van der Waals surface area contributed by atoms with E-state index >= 15 is 0 Å². The first-order valence-corrected chi connectivity index (χ1v) is 5.86. The van der Waals surface area contributed by atoms with Crippen LogP contribution in [0.2, 0.25) is 5.02 Å². The van der Waals surface area contributed by atoms with Crippen LogP contribution < -0.4 is 15.2 Å². The van der Waals surface area contributed by atoms with E-state index in [1.807, 2.05) is 0 Å². The molecule has 4 nitrogen and oxygen atoms in total. The number of benzene rings is 1. The fourth-order valence-electron chi connectivity index (χ4n) is 2.06. The van der Waals surface area contributed by atoms with Crippen LogP contribution in [-0.4, -0.2) is 18.6 Å². The predicted octanol–water partition coefficient (Wildman–Crippen LogP) is 1.91. The van der Waals surface area contributed by atoms with E-state index < -0.39 is 0 Å². The van der Waals surface area contributed by atoms with Gasteiger partial charge < -0.3 is 15.2 Å². The Hall–Kier alpha value is -1.26. The first-order chi connectivity index (χ1) is 8.13. The molecular formula is C12H12ClNO3. The summed E-state index contributed by atoms with van der Waals surface area (Å²) in [7, 11) is 0. The predicted molar refractivity (Wildman–Crippen MR) is 62.8 cm³/mol. The van der Waals surface area contributed by atoms with Crippen molar-refractivity contribution in [2.75, 3.05) is 6.79 Å². The summed E-state index contributed by atoms with van der Waals surface area (Å²) < 4.78 is 10.7. The first kappa shape index (κ1) is 10.9. The standard InChI is InChI=1S/C12H12ClNO3/c13-9-3-7(5-15)10-11(17-6-16-10)8(9)4-12(14)1-2-12/h3,5H,1-2,4,6,14H2. The van der Waals surface area contributed by atoms with Crippen molar-refractivity contribution >= 4 is 17.9 Å². The number of rotatable bonds is 3. The van der Waals surface area contributed by atoms with Gasteiger partial charge in [-0.2, -0.15) is 0 Å². The SMILES string of the molecule is NC1(Cc2c(Cl)cc(C=O)c3c2OCO3)CC1. The average molecular weight is 254 g/mol. The maximum absolute atomic E-state index is 10.9. The summed E-state index contributed by atoms with van der Waals surface area (Å²) in [5.41, 5.74) is 7.20. The van der Waals surface area contributed by atoms with Gasteiger partial charge in [-0.15, -0.1) is 0 Å². The normalized spacial score (nSPS) is 19.2. The van der Waals surface area contributed by atoms with E-state index in [1.54, 1.807) is 6.07 Å². The number of hydrogen-bond acceptors (Lipinski definition) is 4. The Morgan fingerprint density at radius 3 is 2.76 bits per heavy atom. The Balaban J connectivity index is 2.08. The number of ether oxygens (including phenoxy) is 2. The summed E-state index contributed by atoms with van der Waals surface area (Å²) in [5.74, 6) is 1.07. The number of carbonyl (C=O) groups is 1. The van der Waals surface area contributed by atoms with Gasteiger partial charge in [-0.05, 0) is 25.3 Å². The molecule has 0 aromatic heterocycles. The molecule has 1 heterocycles. The number of halogens is 1. The second-order valence-corrected chi connectivity index (χ2v) is 5.06. The molecule has 0 radical (unpaired) electrons. The molecule has 3 rings (SSSR count). The highest BCUT2D eigenvalue weighted by Crippen LogP contribution is 2.46. The largest absolute Gasteiger partial charge is 0.453 e. The van der Waals surface area contributed by atoms with E-state index in [4.69, 9.17) is 26.8 Å². The van der Waals surface area contributed by atoms with Crippen LogP contribution in [0.15, 0.2) is 6.07 Å². The summed E-state index contributed by atoms with van der Waals surface area (Å²) >= 11 is 6.18. The van der Waals surface area contributed by atoms with E-state index in [-0.39, 0.29) is 12.3 Å². The van der Waals surface area contributed by atoms with Crippen LogP contribution in [0, 0.1) is 0 Å². The van der Waals surface area contributed by atoms with Crippen LogP contribution in [0.1, 0.15) is 28.8 Å². The molecule has 0 saturated heterocycles. The van der Waals surface area contributed by atoms with E-state index in [0.29, 0.717) is 28.5 Å². The number of aldehydes is 1. The maximum atomic E-state index is 10.9. The molecule has 1 aliphatic heterocycles. The Kier molecular flexibility index (Phi) is 2.31. The van der Waals surface area contributed by atoms with Crippen LogP contribution in [0.4, 0.5) is 0 Å². The van der Waals surface area contributed by atoms with Crippen LogP contribution >= 0.6 is 11.6 Å². The van der Waals surface area contributed by atoms with Crippen molar-refractivity contribution in [1.29, 1.82) is 0 Å². The topological polar surface area (TPSA) is 61.6 Å². The fraction of sp³-hybridized carbons (Fsp3) is 0.417. The molecular weight excluding hydrogens is 242 g/mol. The summed E-state index contributed by atoms with van der Waals surface area (Å²) in [4.78, 5) is 10.9. The second kappa shape index (κ2) is 3.62. The molecule has 0 atom stereocenters. The lowest BCUT2D eigenvalue weighted by molar-refractivity contribution is 0.111. The lowest BCUT2D eigenvalue weighted by Gasteiger charge is -2.13. The number of hydrogen-bond donors (Lipinski definition) is 1. The second-order valence-electron chi connectivity index (χ2n) is 4.65. The Morgan fingerprint density at radius 2 is 2.12 bits per heavy atom. The molecule has 0 unspecified atom stereocenters. The van der Waals surface area contributed by atoms with Crippen LogP contribution in [-0.2, 0) is 6.42 Å². The monoisotopic (exact) mass is 253 g/mol. The molecule has 90 valence electrons. The Morgan fingerprint density at radius 1 is 1.41 bits per heavy atom. The van der Waals surface area contributed by atoms with Crippen molar-refractivity contribution in [1.82, 2.24) is 0 Å². The molecule has 1 aromatic rings. The molecule has 2 N–H and O–H groups in total. The van der Waals surface area contributed by atoms with Gasteiger partial charge in [0.15, 0.2) is 17.8 Å². The van der Waals surface area contributed by atoms with Crippen molar-refractivity contribution < 1.29 is 14.3 Å². The van der Waals surface area contributed by atoms with Gasteiger partial charge in [0.2, 0.25) is 6.79 Å². The number of carbonyl (C=O) groups excluding carboxylic acids is 1. The van der Waals surface area contributed by atoms with Crippen molar-refractivity contribution in [2.24, 2.45) is 5.73 Å². The number of nitrogens with two attached hydrogens (primary N) is 1. The molecule has 1 fully saturated rings. The van der Waals surface area contributed by atoms with E-state index in [2.05, 4.69) is 0 Å². The maximum Gasteiger partial charge on any atom is 0.231 e. The summed E-state index contributed by atoms with van der Waals surface area (Å²) in [6.07, 6.45) is 3.37. The van der Waals surface area contributed by atoms with Crippen molar-refractivity contribution in [2.45, 2.75) is 24.8 Å². The number of fused-ring (bicyclic) bond motifs is 1. The highest BCUT2D eigenvalue weighted by atomic mass is 35.5. The molecule has 0 amide bonds. The first-order valence-electron chi connectivity index (χ1n) is 5.48. The Bertz CT molecular complexity index is 497. The summed E-state index contributed by atoms with van der Waals surface area (Å²) in [6.45, 7) is 0.126. The van der Waals surface area contributed by atoms with Crippen molar-refractivity contribution in [3.05, 3.63) is 22.2 Å². The van der Waals surface area contributed by atoms with Crippen LogP contribution in [0.25, 0.3) is 0 Å². The van der Waals surface area contributed by atoms with Gasteiger partial charge >= 0.3 is 0 Å². The van der Waals surface area contributed by atoms with Gasteiger partial charge in [0.1, 0.15) is 0 Å². The van der Waals surface area contributed by atoms with Gasteiger partial charge in [0.05, 0.1) is 5.56 Å².